The molecule has 1 amide bonds. The molecule has 0 aromatic heterocycles. The summed E-state index contributed by atoms with van der Waals surface area (Å²) in [5.74, 6) is -1.55. The van der Waals surface area contributed by atoms with Gasteiger partial charge in [0.2, 0.25) is 0 Å². The number of hydrogen-bond donors (Lipinski definition) is 1. The van der Waals surface area contributed by atoms with E-state index in [1.165, 1.54) is 7.11 Å². The van der Waals surface area contributed by atoms with E-state index in [-0.39, 0.29) is 11.6 Å². The molecule has 8 heteroatoms. The van der Waals surface area contributed by atoms with Crippen LogP contribution in [0.4, 0.5) is 0 Å². The Bertz CT molecular complexity index is 1140. The number of hydrazone groups is 1. The maximum Gasteiger partial charge on any atom is 0.337 e. The molecule has 1 N–H and O–H groups in total. The summed E-state index contributed by atoms with van der Waals surface area (Å²) in [6.07, 6.45) is 2.44. The third kappa shape index (κ3) is 3.73. The molecule has 2 aromatic carbocycles. The van der Waals surface area contributed by atoms with E-state index in [9.17, 15) is 14.7 Å². The molecule has 0 radical (unpaired) electrons. The number of esters is 1. The summed E-state index contributed by atoms with van der Waals surface area (Å²) in [6, 6.07) is 18.7. The Hall–Kier alpha value is -3.49. The van der Waals surface area contributed by atoms with Crippen molar-refractivity contribution in [1.29, 1.82) is 0 Å². The van der Waals surface area contributed by atoms with Gasteiger partial charge in [-0.25, -0.2) is 4.79 Å². The third-order valence-electron chi connectivity index (χ3n) is 7.32. The lowest BCUT2D eigenvalue weighted by atomic mass is 9.71. The monoisotopic (exact) mass is 474 g/mol. The largest absolute Gasteiger partial charge is 0.467 e. The van der Waals surface area contributed by atoms with Crippen LogP contribution in [-0.4, -0.2) is 89.5 Å². The number of benzene rings is 2. The van der Waals surface area contributed by atoms with E-state index < -0.39 is 29.6 Å². The topological polar surface area (TPSA) is 85.7 Å². The molecule has 8 nitrogen and oxygen atoms in total. The van der Waals surface area contributed by atoms with Crippen molar-refractivity contribution >= 4 is 17.6 Å². The zero-order valence-corrected chi connectivity index (χ0v) is 19.9. The standard InChI is InChI=1S/C27H30N4O4/c1-29-15-17-30(18-16-29)25(33)23-24(32)27(26(34)35-2)21(19-9-5-3-6-10-19)13-14-22(31(27)28-23)20-11-7-4-8-12-20/h3-14,21-22,24,32H,15-18H2,1-2H3. The van der Waals surface area contributed by atoms with Gasteiger partial charge in [0.1, 0.15) is 6.10 Å². The van der Waals surface area contributed by atoms with Crippen molar-refractivity contribution in [2.45, 2.75) is 23.6 Å². The smallest absolute Gasteiger partial charge is 0.337 e. The van der Waals surface area contributed by atoms with Gasteiger partial charge in [0, 0.05) is 32.1 Å². The first kappa shape index (κ1) is 23.3. The van der Waals surface area contributed by atoms with Gasteiger partial charge in [0.05, 0.1) is 13.2 Å². The third-order valence-corrected chi connectivity index (χ3v) is 7.32. The van der Waals surface area contributed by atoms with Gasteiger partial charge in [-0.1, -0.05) is 72.8 Å². The Kier molecular flexibility index (Phi) is 6.17. The zero-order valence-electron chi connectivity index (χ0n) is 19.9. The number of methoxy groups -OCH3 is 1. The molecule has 5 rings (SSSR count). The molecule has 182 valence electrons. The van der Waals surface area contributed by atoms with Crippen LogP contribution >= 0.6 is 0 Å². The van der Waals surface area contributed by atoms with E-state index >= 15 is 0 Å². The fourth-order valence-corrected chi connectivity index (χ4v) is 5.39. The van der Waals surface area contributed by atoms with Gasteiger partial charge in [-0.2, -0.15) is 5.10 Å². The van der Waals surface area contributed by atoms with Crippen molar-refractivity contribution in [3.63, 3.8) is 0 Å². The summed E-state index contributed by atoms with van der Waals surface area (Å²) in [6.45, 7) is 2.55. The fourth-order valence-electron chi connectivity index (χ4n) is 5.39. The predicted molar refractivity (Wildman–Crippen MR) is 132 cm³/mol. The molecule has 0 saturated carbocycles. The molecule has 1 saturated heterocycles. The van der Waals surface area contributed by atoms with E-state index in [0.717, 1.165) is 24.2 Å². The number of carbonyl (C=O) groups is 2. The van der Waals surface area contributed by atoms with Crippen molar-refractivity contribution in [3.05, 3.63) is 83.9 Å². The molecule has 4 unspecified atom stereocenters. The van der Waals surface area contributed by atoms with Gasteiger partial charge in [-0.3, -0.25) is 9.80 Å². The molecule has 2 aromatic rings. The van der Waals surface area contributed by atoms with Gasteiger partial charge in [-0.15, -0.1) is 0 Å². The van der Waals surface area contributed by atoms with Crippen LogP contribution in [0, 0.1) is 0 Å². The molecule has 0 spiro atoms. The number of hydrogen-bond acceptors (Lipinski definition) is 7. The van der Waals surface area contributed by atoms with Crippen molar-refractivity contribution in [2.24, 2.45) is 5.10 Å². The molecular formula is C27H30N4O4. The van der Waals surface area contributed by atoms with E-state index in [1.807, 2.05) is 79.9 Å². The first-order valence-electron chi connectivity index (χ1n) is 11.9. The van der Waals surface area contributed by atoms with E-state index in [1.54, 1.807) is 9.91 Å². The molecule has 0 bridgehead atoms. The van der Waals surface area contributed by atoms with E-state index in [4.69, 9.17) is 9.84 Å². The summed E-state index contributed by atoms with van der Waals surface area (Å²) in [4.78, 5) is 31.1. The van der Waals surface area contributed by atoms with Crippen LogP contribution in [0.5, 0.6) is 0 Å². The lowest BCUT2D eigenvalue weighted by molar-refractivity contribution is -0.163. The lowest BCUT2D eigenvalue weighted by Crippen LogP contribution is -2.64. The Labute approximate surface area is 205 Å². The first-order valence-corrected chi connectivity index (χ1v) is 11.9. The number of nitrogens with zero attached hydrogens (tertiary/aromatic N) is 4. The second kappa shape index (κ2) is 9.28. The average molecular weight is 475 g/mol. The van der Waals surface area contributed by atoms with E-state index in [2.05, 4.69) is 4.90 Å². The number of rotatable bonds is 4. The molecule has 1 fully saturated rings. The van der Waals surface area contributed by atoms with Crippen LogP contribution in [0.25, 0.3) is 0 Å². The Balaban J connectivity index is 1.65. The number of carbonyl (C=O) groups excluding carboxylic acids is 2. The van der Waals surface area contributed by atoms with Gasteiger partial charge in [0.25, 0.3) is 5.91 Å². The lowest BCUT2D eigenvalue weighted by Gasteiger charge is -2.47. The summed E-state index contributed by atoms with van der Waals surface area (Å²) < 4.78 is 5.31. The molecule has 3 aliphatic rings. The average Bonchev–Trinajstić information content (AvgIpc) is 3.22. The molecule has 3 aliphatic heterocycles. The zero-order chi connectivity index (χ0) is 24.6. The SMILES string of the molecule is COC(=O)C12C(O)C(C(=O)N3CCN(C)CC3)=NN1C(c1ccccc1)C=CC2c1ccccc1. The van der Waals surface area contributed by atoms with Crippen molar-refractivity contribution in [2.75, 3.05) is 40.3 Å². The quantitative estimate of drug-likeness (QED) is 0.537. The number of aliphatic hydroxyl groups is 1. The van der Waals surface area contributed by atoms with Crippen LogP contribution in [0.15, 0.2) is 77.9 Å². The highest BCUT2D eigenvalue weighted by Gasteiger charge is 2.65. The van der Waals surface area contributed by atoms with Gasteiger partial charge in [0.15, 0.2) is 11.3 Å². The highest BCUT2D eigenvalue weighted by atomic mass is 16.5. The molecule has 3 heterocycles. The van der Waals surface area contributed by atoms with Crippen molar-refractivity contribution < 1.29 is 19.4 Å². The predicted octanol–water partition coefficient (Wildman–Crippen LogP) is 1.80. The van der Waals surface area contributed by atoms with Crippen LogP contribution in [0.1, 0.15) is 23.1 Å². The summed E-state index contributed by atoms with van der Waals surface area (Å²) >= 11 is 0. The van der Waals surface area contributed by atoms with Crippen LogP contribution < -0.4 is 0 Å². The number of amides is 1. The molecular weight excluding hydrogens is 444 g/mol. The number of likely N-dealkylation sites (N-methyl/N-ethyl adjacent to an activating group) is 1. The van der Waals surface area contributed by atoms with Crippen molar-refractivity contribution in [3.8, 4) is 0 Å². The van der Waals surface area contributed by atoms with Crippen LogP contribution in [0.2, 0.25) is 0 Å². The first-order chi connectivity index (χ1) is 17.0. The number of ether oxygens (including phenoxy) is 1. The van der Waals surface area contributed by atoms with Crippen LogP contribution in [0.3, 0.4) is 0 Å². The number of fused-ring (bicyclic) bond motifs is 1. The second-order valence-electron chi connectivity index (χ2n) is 9.27. The minimum atomic E-state index is -1.62. The molecule has 35 heavy (non-hydrogen) atoms. The minimum absolute atomic E-state index is 0.0227. The van der Waals surface area contributed by atoms with Crippen molar-refractivity contribution in [1.82, 2.24) is 14.8 Å². The second-order valence-corrected chi connectivity index (χ2v) is 9.27. The molecule has 0 aliphatic carbocycles. The molecule has 4 atom stereocenters. The fraction of sp³-hybridized carbons (Fsp3) is 0.370. The number of aliphatic hydroxyl groups excluding tert-OH is 1. The maximum atomic E-state index is 13.7. The summed E-state index contributed by atoms with van der Waals surface area (Å²) in [7, 11) is 3.32. The maximum absolute atomic E-state index is 13.7. The van der Waals surface area contributed by atoms with E-state index in [0.29, 0.717) is 13.1 Å². The Morgan fingerprint density at radius 3 is 2.14 bits per heavy atom. The van der Waals surface area contributed by atoms with Gasteiger partial charge < -0.3 is 19.6 Å². The summed E-state index contributed by atoms with van der Waals surface area (Å²) in [5, 5.41) is 18.1. The van der Waals surface area contributed by atoms with Crippen LogP contribution in [-0.2, 0) is 14.3 Å². The highest BCUT2D eigenvalue weighted by Crippen LogP contribution is 2.50. The normalized spacial score (nSPS) is 28.4. The number of piperazine rings is 1. The Morgan fingerprint density at radius 1 is 0.943 bits per heavy atom. The summed E-state index contributed by atoms with van der Waals surface area (Å²) in [5.41, 5.74) is 0.0784. The Morgan fingerprint density at radius 2 is 1.54 bits per heavy atom. The van der Waals surface area contributed by atoms with Gasteiger partial charge >= 0.3 is 5.97 Å². The highest BCUT2D eigenvalue weighted by molar-refractivity contribution is 6.42. The van der Waals surface area contributed by atoms with Gasteiger partial charge in [-0.05, 0) is 18.2 Å². The minimum Gasteiger partial charge on any atom is -0.467 e.